The Labute approximate surface area is 78.4 Å². The number of anilines is 1. The summed E-state index contributed by atoms with van der Waals surface area (Å²) >= 11 is 0. The molecule has 2 rings (SSSR count). The van der Waals surface area contributed by atoms with Crippen LogP contribution in [0.4, 0.5) is 5.82 Å². The third kappa shape index (κ3) is 1.39. The average Bonchev–Trinajstić information content (AvgIpc) is 2.66. The molecule has 0 aliphatic heterocycles. The zero-order valence-electron chi connectivity index (χ0n) is 8.33. The molecule has 2 N–H and O–H groups in total. The lowest BCUT2D eigenvalue weighted by Crippen LogP contribution is -2.02. The Balaban J connectivity index is 2.29. The fraction of sp³-hybridized carbons (Fsp3) is 0.600. The van der Waals surface area contributed by atoms with Gasteiger partial charge in [0.05, 0.1) is 0 Å². The summed E-state index contributed by atoms with van der Waals surface area (Å²) < 4.78 is 0. The van der Waals surface area contributed by atoms with Crippen molar-refractivity contribution in [3.8, 4) is 0 Å². The molecule has 3 nitrogen and oxygen atoms in total. The maximum absolute atomic E-state index is 5.72. The highest BCUT2D eigenvalue weighted by atomic mass is 15.0. The molecule has 1 saturated carbocycles. The van der Waals surface area contributed by atoms with Crippen molar-refractivity contribution < 1.29 is 0 Å². The first-order chi connectivity index (χ1) is 6.00. The van der Waals surface area contributed by atoms with Crippen LogP contribution in [0.2, 0.25) is 0 Å². The molecule has 13 heavy (non-hydrogen) atoms. The van der Waals surface area contributed by atoms with Gasteiger partial charge >= 0.3 is 0 Å². The third-order valence-electron chi connectivity index (χ3n) is 2.85. The van der Waals surface area contributed by atoms with Gasteiger partial charge in [-0.05, 0) is 18.8 Å². The highest BCUT2D eigenvalue weighted by Gasteiger charge is 2.48. The van der Waals surface area contributed by atoms with E-state index in [1.54, 1.807) is 0 Å². The predicted octanol–water partition coefficient (Wildman–Crippen LogP) is 1.88. The van der Waals surface area contributed by atoms with Crippen molar-refractivity contribution in [3.63, 3.8) is 0 Å². The van der Waals surface area contributed by atoms with Crippen molar-refractivity contribution in [1.29, 1.82) is 0 Å². The molecule has 3 heteroatoms. The summed E-state index contributed by atoms with van der Waals surface area (Å²) in [4.78, 5) is 8.60. The molecule has 1 aromatic heterocycles. The summed E-state index contributed by atoms with van der Waals surface area (Å²) in [6.45, 7) is 6.39. The number of hydrogen-bond donors (Lipinski definition) is 1. The molecular formula is C10H15N3. The first-order valence-electron chi connectivity index (χ1n) is 4.60. The second kappa shape index (κ2) is 2.44. The Hall–Kier alpha value is -1.12. The van der Waals surface area contributed by atoms with Gasteiger partial charge in [-0.1, -0.05) is 13.8 Å². The van der Waals surface area contributed by atoms with Crippen molar-refractivity contribution in [2.45, 2.75) is 33.1 Å². The molecule has 1 aromatic rings. The number of rotatable bonds is 1. The first kappa shape index (κ1) is 8.48. The van der Waals surface area contributed by atoms with Crippen LogP contribution in [-0.2, 0) is 0 Å². The fourth-order valence-electron chi connectivity index (χ4n) is 1.55. The number of nitrogens with two attached hydrogens (primary N) is 1. The van der Waals surface area contributed by atoms with Gasteiger partial charge in [0.25, 0.3) is 0 Å². The Bertz CT molecular complexity index is 344. The van der Waals surface area contributed by atoms with Crippen molar-refractivity contribution >= 4 is 5.82 Å². The molecule has 1 unspecified atom stereocenters. The van der Waals surface area contributed by atoms with Gasteiger partial charge in [0.15, 0.2) is 0 Å². The molecule has 1 heterocycles. The molecule has 1 fully saturated rings. The van der Waals surface area contributed by atoms with Crippen LogP contribution in [0.25, 0.3) is 0 Å². The van der Waals surface area contributed by atoms with E-state index in [1.807, 2.05) is 13.1 Å². The van der Waals surface area contributed by atoms with E-state index in [9.17, 15) is 0 Å². The number of hydrogen-bond acceptors (Lipinski definition) is 3. The van der Waals surface area contributed by atoms with Crippen molar-refractivity contribution in [2.24, 2.45) is 5.41 Å². The summed E-state index contributed by atoms with van der Waals surface area (Å²) in [6.07, 6.45) is 2.99. The van der Waals surface area contributed by atoms with E-state index in [1.165, 1.54) is 6.42 Å². The summed E-state index contributed by atoms with van der Waals surface area (Å²) in [6, 6.07) is 0. The minimum atomic E-state index is 0.377. The van der Waals surface area contributed by atoms with E-state index in [0.717, 1.165) is 11.4 Å². The predicted molar refractivity (Wildman–Crippen MR) is 52.3 cm³/mol. The maximum Gasteiger partial charge on any atom is 0.134 e. The number of nitrogens with zero attached hydrogens (tertiary/aromatic N) is 2. The molecule has 1 aliphatic rings. The van der Waals surface area contributed by atoms with Crippen LogP contribution in [-0.4, -0.2) is 9.97 Å². The molecule has 1 atom stereocenters. The SMILES string of the molecule is Cc1cnc(C2CC2(C)C)nc1N. The molecule has 70 valence electrons. The molecule has 0 amide bonds. The van der Waals surface area contributed by atoms with Crippen LogP contribution in [0.5, 0.6) is 0 Å². The summed E-state index contributed by atoms with van der Waals surface area (Å²) in [5.74, 6) is 2.04. The summed E-state index contributed by atoms with van der Waals surface area (Å²) in [5.41, 5.74) is 7.06. The summed E-state index contributed by atoms with van der Waals surface area (Å²) in [5, 5.41) is 0. The largest absolute Gasteiger partial charge is 0.383 e. The lowest BCUT2D eigenvalue weighted by Gasteiger charge is -2.04. The maximum atomic E-state index is 5.72. The normalized spacial score (nSPS) is 24.4. The average molecular weight is 177 g/mol. The van der Waals surface area contributed by atoms with E-state index in [0.29, 0.717) is 17.2 Å². The Morgan fingerprint density at radius 2 is 2.15 bits per heavy atom. The molecule has 0 aromatic carbocycles. The molecule has 0 spiro atoms. The molecule has 1 aliphatic carbocycles. The molecular weight excluding hydrogens is 162 g/mol. The van der Waals surface area contributed by atoms with Crippen LogP contribution in [0.3, 0.4) is 0 Å². The van der Waals surface area contributed by atoms with Crippen molar-refractivity contribution in [1.82, 2.24) is 9.97 Å². The Morgan fingerprint density at radius 1 is 1.54 bits per heavy atom. The van der Waals surface area contributed by atoms with Gasteiger partial charge in [-0.2, -0.15) is 0 Å². The van der Waals surface area contributed by atoms with Gasteiger partial charge in [0, 0.05) is 17.7 Å². The van der Waals surface area contributed by atoms with Crippen LogP contribution >= 0.6 is 0 Å². The number of aromatic nitrogens is 2. The minimum Gasteiger partial charge on any atom is -0.383 e. The lowest BCUT2D eigenvalue weighted by atomic mass is 10.1. The van der Waals surface area contributed by atoms with E-state index >= 15 is 0 Å². The second-order valence-electron chi connectivity index (χ2n) is 4.54. The third-order valence-corrected chi connectivity index (χ3v) is 2.85. The van der Waals surface area contributed by atoms with Crippen LogP contribution in [0, 0.1) is 12.3 Å². The Kier molecular flexibility index (Phi) is 1.59. The van der Waals surface area contributed by atoms with Crippen LogP contribution < -0.4 is 5.73 Å². The lowest BCUT2D eigenvalue weighted by molar-refractivity contribution is 0.608. The molecule has 0 saturated heterocycles. The first-order valence-corrected chi connectivity index (χ1v) is 4.60. The molecule has 0 radical (unpaired) electrons. The minimum absolute atomic E-state index is 0.377. The highest BCUT2D eigenvalue weighted by Crippen LogP contribution is 2.57. The molecule has 0 bridgehead atoms. The highest BCUT2D eigenvalue weighted by molar-refractivity contribution is 5.37. The van der Waals surface area contributed by atoms with Crippen LogP contribution in [0.1, 0.15) is 37.6 Å². The van der Waals surface area contributed by atoms with Gasteiger partial charge in [-0.15, -0.1) is 0 Å². The van der Waals surface area contributed by atoms with Crippen molar-refractivity contribution in [2.75, 3.05) is 5.73 Å². The fourth-order valence-corrected chi connectivity index (χ4v) is 1.55. The quantitative estimate of drug-likeness (QED) is 0.712. The van der Waals surface area contributed by atoms with E-state index in [4.69, 9.17) is 5.73 Å². The topological polar surface area (TPSA) is 51.8 Å². The van der Waals surface area contributed by atoms with E-state index in [2.05, 4.69) is 23.8 Å². The monoisotopic (exact) mass is 177 g/mol. The zero-order chi connectivity index (χ0) is 9.64. The van der Waals surface area contributed by atoms with Crippen molar-refractivity contribution in [3.05, 3.63) is 17.6 Å². The van der Waals surface area contributed by atoms with Gasteiger partial charge in [-0.3, -0.25) is 0 Å². The smallest absolute Gasteiger partial charge is 0.134 e. The van der Waals surface area contributed by atoms with E-state index < -0.39 is 0 Å². The van der Waals surface area contributed by atoms with Gasteiger partial charge in [0.2, 0.25) is 0 Å². The summed E-state index contributed by atoms with van der Waals surface area (Å²) in [7, 11) is 0. The standard InChI is InChI=1S/C10H15N3/c1-6-5-12-9(13-8(6)11)7-4-10(7,2)3/h5,7H,4H2,1-3H3,(H2,11,12,13). The zero-order valence-corrected chi connectivity index (χ0v) is 8.33. The second-order valence-corrected chi connectivity index (χ2v) is 4.54. The Morgan fingerprint density at radius 3 is 2.62 bits per heavy atom. The van der Waals surface area contributed by atoms with E-state index in [-0.39, 0.29) is 0 Å². The van der Waals surface area contributed by atoms with Gasteiger partial charge < -0.3 is 5.73 Å². The van der Waals surface area contributed by atoms with Crippen LogP contribution in [0.15, 0.2) is 6.20 Å². The van der Waals surface area contributed by atoms with Gasteiger partial charge in [-0.25, -0.2) is 9.97 Å². The number of nitrogen functional groups attached to an aromatic ring is 1. The number of aryl methyl sites for hydroxylation is 1. The van der Waals surface area contributed by atoms with Gasteiger partial charge in [0.1, 0.15) is 11.6 Å².